The van der Waals surface area contributed by atoms with Crippen LogP contribution in [0.4, 0.5) is 5.69 Å². The third-order valence-electron chi connectivity index (χ3n) is 12.7. The summed E-state index contributed by atoms with van der Waals surface area (Å²) in [5, 5.41) is 21.7. The number of fused-ring (bicyclic) bond motifs is 9. The number of nitriles is 1. The van der Waals surface area contributed by atoms with Crippen LogP contribution in [0, 0.1) is 17.9 Å². The molecule has 0 saturated heterocycles. The van der Waals surface area contributed by atoms with Crippen LogP contribution in [0.3, 0.4) is 0 Å². The van der Waals surface area contributed by atoms with Gasteiger partial charge in [0.25, 0.3) is 0 Å². The Bertz CT molecular complexity index is 3750. The Balaban J connectivity index is 1.13. The van der Waals surface area contributed by atoms with Crippen LogP contribution in [0.5, 0.6) is 0 Å². The quantitative estimate of drug-likeness (QED) is 0.0955. The second-order valence-electron chi connectivity index (χ2n) is 15.9. The third-order valence-corrected chi connectivity index (χ3v) is 17.4. The average molecular weight is 807 g/mol. The minimum absolute atomic E-state index is 0.577. The molecule has 0 saturated carbocycles. The minimum atomic E-state index is -3.28. The lowest BCUT2D eigenvalue weighted by Crippen LogP contribution is -2.74. The number of benzene rings is 9. The van der Waals surface area contributed by atoms with Crippen molar-refractivity contribution in [3.63, 3.8) is 0 Å². The van der Waals surface area contributed by atoms with Crippen molar-refractivity contribution in [1.29, 1.82) is 5.26 Å². The Kier molecular flexibility index (Phi) is 7.92. The number of nitrogens with zero attached hydrogens (tertiary/aromatic N) is 4. The van der Waals surface area contributed by atoms with Crippen molar-refractivity contribution in [2.45, 2.75) is 0 Å². The molecule has 1 unspecified atom stereocenters. The van der Waals surface area contributed by atoms with Crippen LogP contribution >= 0.6 is 0 Å². The minimum Gasteiger partial charge on any atom is -0.456 e. The van der Waals surface area contributed by atoms with E-state index in [1.165, 1.54) is 21.5 Å². The summed E-state index contributed by atoms with van der Waals surface area (Å²) in [6, 6.07) is 75.0. The highest BCUT2D eigenvalue weighted by molar-refractivity contribution is 7.20. The zero-order valence-corrected chi connectivity index (χ0v) is 34.3. The molecule has 0 bridgehead atoms. The largest absolute Gasteiger partial charge is 0.456 e. The predicted octanol–water partition coefficient (Wildman–Crippen LogP) is 11.6. The molecule has 12 rings (SSSR count). The molecule has 5 nitrogen and oxygen atoms in total. The molecule has 0 aliphatic heterocycles. The number of para-hydroxylation sites is 4. The summed E-state index contributed by atoms with van der Waals surface area (Å²) in [4.78, 5) is 3.93. The van der Waals surface area contributed by atoms with Crippen molar-refractivity contribution >= 4 is 100 Å². The Morgan fingerprint density at radius 2 is 0.984 bits per heavy atom. The number of furan rings is 1. The zero-order chi connectivity index (χ0) is 41.4. The predicted molar refractivity (Wildman–Crippen MR) is 257 cm³/mol. The average Bonchev–Trinajstić information content (AvgIpc) is 3.99. The van der Waals surface area contributed by atoms with E-state index in [0.717, 1.165) is 76.1 Å². The first kappa shape index (κ1) is 35.5. The van der Waals surface area contributed by atoms with Crippen LogP contribution in [-0.2, 0) is 0 Å². The van der Waals surface area contributed by atoms with Crippen LogP contribution in [0.1, 0.15) is 5.56 Å². The molecular formula is C56H34N4OSi. The smallest absolute Gasteiger partial charge is 0.187 e. The number of hydrogen-bond donors (Lipinski definition) is 0. The Labute approximate surface area is 358 Å². The summed E-state index contributed by atoms with van der Waals surface area (Å²) < 4.78 is 11.1. The molecule has 0 aliphatic carbocycles. The topological polar surface area (TPSA) is 51.1 Å². The molecule has 0 fully saturated rings. The first-order valence-electron chi connectivity index (χ1n) is 20.7. The van der Waals surface area contributed by atoms with Crippen molar-refractivity contribution in [3.8, 4) is 17.4 Å². The molecule has 0 radical (unpaired) electrons. The summed E-state index contributed by atoms with van der Waals surface area (Å²) in [7, 11) is -3.28. The van der Waals surface area contributed by atoms with Crippen molar-refractivity contribution in [2.75, 3.05) is 0 Å². The van der Waals surface area contributed by atoms with Gasteiger partial charge in [-0.05, 0) is 82.3 Å². The van der Waals surface area contributed by atoms with Crippen LogP contribution in [0.25, 0.3) is 81.8 Å². The lowest BCUT2D eigenvalue weighted by Gasteiger charge is -2.35. The monoisotopic (exact) mass is 806 g/mol. The molecule has 0 aliphatic rings. The van der Waals surface area contributed by atoms with Crippen LogP contribution in [0.15, 0.2) is 211 Å². The summed E-state index contributed by atoms with van der Waals surface area (Å²) in [6.07, 6.45) is 0. The molecule has 3 aromatic heterocycles. The fourth-order valence-corrected chi connectivity index (χ4v) is 14.8. The normalized spacial score (nSPS) is 12.6. The third kappa shape index (κ3) is 5.18. The SMILES string of the molecule is [C-]#[N+]c1cccc([Si](c2ccc(-n3c4ccccc4c4cc5c(cc43)oc3ccccc35)cc2)(c2cccc(C#N)c2)c2cccc(-n3c4ccccc4c4ccccc43)c2)c1. The first-order valence-corrected chi connectivity index (χ1v) is 22.7. The van der Waals surface area contributed by atoms with E-state index in [0.29, 0.717) is 11.3 Å². The van der Waals surface area contributed by atoms with Gasteiger partial charge >= 0.3 is 0 Å². The van der Waals surface area contributed by atoms with Gasteiger partial charge in [0.2, 0.25) is 0 Å². The maximum atomic E-state index is 10.3. The van der Waals surface area contributed by atoms with Gasteiger partial charge < -0.3 is 13.6 Å². The van der Waals surface area contributed by atoms with E-state index in [2.05, 4.69) is 190 Å². The summed E-state index contributed by atoms with van der Waals surface area (Å²) >= 11 is 0. The molecule has 62 heavy (non-hydrogen) atoms. The second kappa shape index (κ2) is 13.8. The molecule has 3 heterocycles. The molecule has 0 amide bonds. The van der Waals surface area contributed by atoms with Crippen molar-refractivity contribution < 1.29 is 4.42 Å². The number of aromatic nitrogens is 2. The van der Waals surface area contributed by atoms with Gasteiger partial charge in [0.1, 0.15) is 11.2 Å². The lowest BCUT2D eigenvalue weighted by atomic mass is 10.1. The van der Waals surface area contributed by atoms with Gasteiger partial charge in [-0.2, -0.15) is 5.26 Å². The zero-order valence-electron chi connectivity index (χ0n) is 33.3. The molecule has 12 aromatic rings. The van der Waals surface area contributed by atoms with Crippen LogP contribution < -0.4 is 20.7 Å². The van der Waals surface area contributed by atoms with Crippen molar-refractivity contribution in [1.82, 2.24) is 9.13 Å². The molecule has 1 atom stereocenters. The van der Waals surface area contributed by atoms with E-state index in [1.807, 2.05) is 36.4 Å². The van der Waals surface area contributed by atoms with Gasteiger partial charge in [-0.15, -0.1) is 0 Å². The molecule has 0 spiro atoms. The van der Waals surface area contributed by atoms with Crippen LogP contribution in [-0.4, -0.2) is 17.2 Å². The van der Waals surface area contributed by atoms with Gasteiger partial charge in [-0.1, -0.05) is 139 Å². The fraction of sp³-hybridized carbons (Fsp3) is 0. The second-order valence-corrected chi connectivity index (χ2v) is 19.7. The van der Waals surface area contributed by atoms with E-state index in [9.17, 15) is 5.26 Å². The van der Waals surface area contributed by atoms with Gasteiger partial charge in [0.15, 0.2) is 13.8 Å². The van der Waals surface area contributed by atoms with Gasteiger partial charge in [0.05, 0.1) is 40.3 Å². The van der Waals surface area contributed by atoms with Crippen LogP contribution in [0.2, 0.25) is 0 Å². The van der Waals surface area contributed by atoms with Gasteiger partial charge in [-0.25, -0.2) is 4.85 Å². The Hall–Kier alpha value is -8.42. The Morgan fingerprint density at radius 3 is 1.66 bits per heavy atom. The maximum absolute atomic E-state index is 10.3. The Morgan fingerprint density at radius 1 is 0.419 bits per heavy atom. The van der Waals surface area contributed by atoms with E-state index >= 15 is 0 Å². The highest BCUT2D eigenvalue weighted by Crippen LogP contribution is 2.38. The van der Waals surface area contributed by atoms with E-state index in [4.69, 9.17) is 11.0 Å². The first-order chi connectivity index (χ1) is 30.6. The lowest BCUT2D eigenvalue weighted by molar-refractivity contribution is 0.669. The van der Waals surface area contributed by atoms with E-state index < -0.39 is 8.07 Å². The summed E-state index contributed by atoms with van der Waals surface area (Å²) in [6.45, 7) is 8.11. The highest BCUT2D eigenvalue weighted by Gasteiger charge is 2.42. The molecule has 288 valence electrons. The molecule has 6 heteroatoms. The van der Waals surface area contributed by atoms with Gasteiger partial charge in [0, 0.05) is 49.8 Å². The summed E-state index contributed by atoms with van der Waals surface area (Å²) in [5.41, 5.74) is 9.43. The summed E-state index contributed by atoms with van der Waals surface area (Å²) in [5.74, 6) is 0. The number of hydrogen-bond acceptors (Lipinski definition) is 2. The maximum Gasteiger partial charge on any atom is 0.187 e. The number of rotatable bonds is 6. The standard InChI is InChI=1S/C56H34N4OSi/c1-58-38-14-11-17-43(32-38)62(42-16-10-13-37(31-42)36-57,44-18-12-15-40(33-44)60-51-23-6-2-19-45(51)46-20-3-7-24-52(46)60)41-29-27-39(28-30-41)59-53-25-8-4-21-47(53)49-34-50-48-22-5-9-26-55(48)61-56(50)35-54(49)59/h2-35H. The van der Waals surface area contributed by atoms with Gasteiger partial charge in [-0.3, -0.25) is 0 Å². The molecular weight excluding hydrogens is 773 g/mol. The molecule has 9 aromatic carbocycles. The fourth-order valence-electron chi connectivity index (χ4n) is 10.0. The van der Waals surface area contributed by atoms with Crippen molar-refractivity contribution in [3.05, 3.63) is 223 Å². The van der Waals surface area contributed by atoms with Crippen molar-refractivity contribution in [2.24, 2.45) is 0 Å². The highest BCUT2D eigenvalue weighted by atomic mass is 28.3. The molecule has 0 N–H and O–H groups in total. The van der Waals surface area contributed by atoms with E-state index in [1.54, 1.807) is 0 Å². The van der Waals surface area contributed by atoms with E-state index in [-0.39, 0.29) is 0 Å².